The van der Waals surface area contributed by atoms with Crippen LogP contribution in [0.15, 0.2) is 46.9 Å². The summed E-state index contributed by atoms with van der Waals surface area (Å²) in [6, 6.07) is 10.3. The van der Waals surface area contributed by atoms with Gasteiger partial charge in [0.2, 0.25) is 11.8 Å². The Morgan fingerprint density at radius 3 is 2.50 bits per heavy atom. The van der Waals surface area contributed by atoms with Crippen molar-refractivity contribution in [2.45, 2.75) is 49.6 Å². The van der Waals surface area contributed by atoms with E-state index in [1.807, 2.05) is 24.3 Å². The summed E-state index contributed by atoms with van der Waals surface area (Å²) in [7, 11) is 0. The molecule has 1 saturated heterocycles. The molecule has 5 nitrogen and oxygen atoms in total. The number of carbonyl (C=O) groups excluding carboxylic acids is 2. The first kappa shape index (κ1) is 22.9. The summed E-state index contributed by atoms with van der Waals surface area (Å²) in [4.78, 5) is 28.2. The van der Waals surface area contributed by atoms with Gasteiger partial charge in [-0.05, 0) is 56.0 Å². The zero-order valence-corrected chi connectivity index (χ0v) is 19.2. The SMILES string of the molecule is NC(=O)[C@H](Cc1ccc(Br)cc1)N(C(=O)C1(c2cccc(F)c2F)CC1)[C@@H]1CCCNC1. The van der Waals surface area contributed by atoms with Gasteiger partial charge < -0.3 is 16.0 Å². The Balaban J connectivity index is 1.72. The third-order valence-electron chi connectivity index (χ3n) is 6.53. The maximum atomic E-state index is 14.7. The van der Waals surface area contributed by atoms with Gasteiger partial charge in [-0.3, -0.25) is 9.59 Å². The molecule has 170 valence electrons. The lowest BCUT2D eigenvalue weighted by Crippen LogP contribution is -2.60. The monoisotopic (exact) mass is 505 g/mol. The molecule has 1 aliphatic carbocycles. The molecule has 8 heteroatoms. The van der Waals surface area contributed by atoms with E-state index in [1.165, 1.54) is 12.1 Å². The van der Waals surface area contributed by atoms with E-state index in [2.05, 4.69) is 21.2 Å². The van der Waals surface area contributed by atoms with E-state index >= 15 is 0 Å². The number of primary amides is 1. The average Bonchev–Trinajstić information content (AvgIpc) is 3.59. The molecule has 2 aliphatic rings. The van der Waals surface area contributed by atoms with Crippen molar-refractivity contribution < 1.29 is 18.4 Å². The van der Waals surface area contributed by atoms with Gasteiger partial charge >= 0.3 is 0 Å². The Labute approximate surface area is 194 Å². The van der Waals surface area contributed by atoms with Crippen LogP contribution in [-0.4, -0.2) is 41.9 Å². The largest absolute Gasteiger partial charge is 0.368 e. The molecule has 0 aromatic heterocycles. The summed E-state index contributed by atoms with van der Waals surface area (Å²) in [6.45, 7) is 1.35. The Hall–Kier alpha value is -2.32. The van der Waals surface area contributed by atoms with Crippen LogP contribution in [0.4, 0.5) is 8.78 Å². The first-order valence-electron chi connectivity index (χ1n) is 10.9. The molecule has 1 heterocycles. The molecule has 2 aromatic rings. The first-order chi connectivity index (χ1) is 15.3. The number of amides is 2. The number of nitrogens with one attached hydrogen (secondary N) is 1. The van der Waals surface area contributed by atoms with Gasteiger partial charge in [0.25, 0.3) is 0 Å². The summed E-state index contributed by atoms with van der Waals surface area (Å²) >= 11 is 3.40. The molecule has 2 aromatic carbocycles. The first-order valence-corrected chi connectivity index (χ1v) is 11.6. The number of nitrogens with zero attached hydrogens (tertiary/aromatic N) is 1. The zero-order chi connectivity index (χ0) is 22.9. The van der Waals surface area contributed by atoms with Crippen LogP contribution in [0.25, 0.3) is 0 Å². The van der Waals surface area contributed by atoms with Crippen molar-refractivity contribution in [1.82, 2.24) is 10.2 Å². The Kier molecular flexibility index (Phi) is 6.62. The fourth-order valence-electron chi connectivity index (χ4n) is 4.66. The van der Waals surface area contributed by atoms with Crippen LogP contribution >= 0.6 is 15.9 Å². The molecule has 1 saturated carbocycles. The number of carbonyl (C=O) groups is 2. The maximum Gasteiger partial charge on any atom is 0.240 e. The highest BCUT2D eigenvalue weighted by Crippen LogP contribution is 2.51. The number of halogens is 3. The molecular formula is C24H26BrF2N3O2. The smallest absolute Gasteiger partial charge is 0.240 e. The highest BCUT2D eigenvalue weighted by molar-refractivity contribution is 9.10. The third kappa shape index (κ3) is 4.43. The van der Waals surface area contributed by atoms with E-state index in [-0.39, 0.29) is 23.9 Å². The highest BCUT2D eigenvalue weighted by atomic mass is 79.9. The van der Waals surface area contributed by atoms with E-state index in [1.54, 1.807) is 4.90 Å². The van der Waals surface area contributed by atoms with Crippen molar-refractivity contribution in [3.05, 3.63) is 69.7 Å². The summed E-state index contributed by atoms with van der Waals surface area (Å²) in [5, 5.41) is 3.28. The van der Waals surface area contributed by atoms with Crippen LogP contribution in [0.1, 0.15) is 36.8 Å². The second-order valence-electron chi connectivity index (χ2n) is 8.64. The van der Waals surface area contributed by atoms with E-state index in [0.717, 1.165) is 29.1 Å². The van der Waals surface area contributed by atoms with Crippen LogP contribution < -0.4 is 11.1 Å². The summed E-state index contributed by atoms with van der Waals surface area (Å²) < 4.78 is 29.6. The molecule has 4 rings (SSSR count). The normalized spacial score (nSPS) is 20.4. The van der Waals surface area contributed by atoms with Crippen molar-refractivity contribution in [2.75, 3.05) is 13.1 Å². The molecule has 3 N–H and O–H groups in total. The van der Waals surface area contributed by atoms with Crippen LogP contribution in [0.5, 0.6) is 0 Å². The van der Waals surface area contributed by atoms with Crippen molar-refractivity contribution in [3.63, 3.8) is 0 Å². The predicted molar refractivity (Wildman–Crippen MR) is 121 cm³/mol. The molecule has 0 unspecified atom stereocenters. The Bertz CT molecular complexity index is 1000. The van der Waals surface area contributed by atoms with E-state index in [0.29, 0.717) is 25.8 Å². The number of benzene rings is 2. The molecule has 0 spiro atoms. The van der Waals surface area contributed by atoms with Crippen molar-refractivity contribution in [1.29, 1.82) is 0 Å². The van der Waals surface area contributed by atoms with E-state index in [9.17, 15) is 18.4 Å². The highest BCUT2D eigenvalue weighted by Gasteiger charge is 2.57. The van der Waals surface area contributed by atoms with E-state index in [4.69, 9.17) is 5.73 Å². The second-order valence-corrected chi connectivity index (χ2v) is 9.56. The van der Waals surface area contributed by atoms with Crippen LogP contribution in [0, 0.1) is 11.6 Å². The fraction of sp³-hybridized carbons (Fsp3) is 0.417. The molecule has 1 aliphatic heterocycles. The molecule has 0 bridgehead atoms. The molecule has 0 radical (unpaired) electrons. The number of nitrogens with two attached hydrogens (primary N) is 1. The van der Waals surface area contributed by atoms with Crippen LogP contribution in [-0.2, 0) is 21.4 Å². The quantitative estimate of drug-likeness (QED) is 0.605. The Morgan fingerprint density at radius 2 is 1.91 bits per heavy atom. The van der Waals surface area contributed by atoms with Crippen LogP contribution in [0.3, 0.4) is 0 Å². The van der Waals surface area contributed by atoms with Gasteiger partial charge in [0, 0.05) is 29.0 Å². The summed E-state index contributed by atoms with van der Waals surface area (Å²) in [5.74, 6) is -2.93. The standard InChI is InChI=1S/C24H26BrF2N3O2/c25-16-8-6-15(7-9-16)13-20(22(28)31)30(17-3-2-12-29-14-17)23(32)24(10-11-24)18-4-1-5-19(26)21(18)27/h1,4-9,17,20,29H,2-3,10-14H2,(H2,28,31)/t17-,20+/m1/s1. The minimum atomic E-state index is -1.16. The average molecular weight is 506 g/mol. The lowest BCUT2D eigenvalue weighted by Gasteiger charge is -2.41. The van der Waals surface area contributed by atoms with Gasteiger partial charge in [-0.25, -0.2) is 8.78 Å². The molecule has 32 heavy (non-hydrogen) atoms. The van der Waals surface area contributed by atoms with Gasteiger partial charge in [0.1, 0.15) is 6.04 Å². The third-order valence-corrected chi connectivity index (χ3v) is 7.06. The number of hydrogen-bond donors (Lipinski definition) is 2. The topological polar surface area (TPSA) is 75.4 Å². The minimum Gasteiger partial charge on any atom is -0.368 e. The molecular weight excluding hydrogens is 480 g/mol. The fourth-order valence-corrected chi connectivity index (χ4v) is 4.92. The van der Waals surface area contributed by atoms with Crippen LogP contribution in [0.2, 0.25) is 0 Å². The summed E-state index contributed by atoms with van der Waals surface area (Å²) in [6.07, 6.45) is 2.63. The van der Waals surface area contributed by atoms with Gasteiger partial charge in [0.05, 0.1) is 5.41 Å². The maximum absolute atomic E-state index is 14.7. The molecule has 2 fully saturated rings. The zero-order valence-electron chi connectivity index (χ0n) is 17.6. The van der Waals surface area contributed by atoms with E-state index < -0.39 is 29.0 Å². The second kappa shape index (κ2) is 9.27. The molecule has 2 amide bonds. The van der Waals surface area contributed by atoms with Crippen molar-refractivity contribution in [2.24, 2.45) is 5.73 Å². The lowest BCUT2D eigenvalue weighted by atomic mass is 9.90. The number of piperidine rings is 1. The van der Waals surface area contributed by atoms with Gasteiger partial charge in [-0.1, -0.05) is 40.2 Å². The van der Waals surface area contributed by atoms with Gasteiger partial charge in [0.15, 0.2) is 11.6 Å². The van der Waals surface area contributed by atoms with Crippen molar-refractivity contribution >= 4 is 27.7 Å². The van der Waals surface area contributed by atoms with Crippen molar-refractivity contribution in [3.8, 4) is 0 Å². The molecule has 2 atom stereocenters. The van der Waals surface area contributed by atoms with Gasteiger partial charge in [-0.2, -0.15) is 0 Å². The predicted octanol–water partition coefficient (Wildman–Crippen LogP) is 3.44. The summed E-state index contributed by atoms with van der Waals surface area (Å²) in [5.41, 5.74) is 5.58. The minimum absolute atomic E-state index is 0.0585. The lowest BCUT2D eigenvalue weighted by molar-refractivity contribution is -0.145. The number of hydrogen-bond acceptors (Lipinski definition) is 3. The Morgan fingerprint density at radius 1 is 1.19 bits per heavy atom. The van der Waals surface area contributed by atoms with Gasteiger partial charge in [-0.15, -0.1) is 0 Å². The number of rotatable bonds is 7.